The Balaban J connectivity index is 1.84. The summed E-state index contributed by atoms with van der Waals surface area (Å²) in [5.74, 6) is -4.29. The summed E-state index contributed by atoms with van der Waals surface area (Å²) in [6.07, 6.45) is 0.0362. The summed E-state index contributed by atoms with van der Waals surface area (Å²) in [6, 6.07) is 9.80. The third-order valence-corrected chi connectivity index (χ3v) is 4.20. The molecule has 2 atom stereocenters. The molecular weight excluding hydrogens is 220 g/mol. The third kappa shape index (κ3) is 1.60. The van der Waals surface area contributed by atoms with Crippen LogP contribution < -0.4 is 0 Å². The van der Waals surface area contributed by atoms with Gasteiger partial charge in [0.1, 0.15) is 0 Å². The van der Waals surface area contributed by atoms with Crippen molar-refractivity contribution in [3.63, 3.8) is 0 Å². The van der Waals surface area contributed by atoms with Crippen molar-refractivity contribution < 1.29 is 20.4 Å². The number of hydrogen-bond donors (Lipinski definition) is 4. The van der Waals surface area contributed by atoms with Gasteiger partial charge in [-0.2, -0.15) is 0 Å². The molecule has 1 aromatic carbocycles. The molecule has 2 fully saturated rings. The first-order valence-electron chi connectivity index (χ1n) is 5.87. The van der Waals surface area contributed by atoms with E-state index in [0.29, 0.717) is 0 Å². The molecule has 0 aliphatic heterocycles. The number of aliphatic hydroxyl groups is 4. The van der Waals surface area contributed by atoms with E-state index in [4.69, 9.17) is 0 Å². The van der Waals surface area contributed by atoms with Crippen LogP contribution in [0.15, 0.2) is 30.3 Å². The zero-order valence-electron chi connectivity index (χ0n) is 9.32. The smallest absolute Gasteiger partial charge is 0.218 e. The highest BCUT2D eigenvalue weighted by atomic mass is 16.6. The molecule has 0 aromatic heterocycles. The van der Waals surface area contributed by atoms with Crippen molar-refractivity contribution >= 4 is 0 Å². The lowest BCUT2D eigenvalue weighted by Gasteiger charge is -2.38. The fraction of sp³-hybridized carbons (Fsp3) is 0.538. The first-order chi connectivity index (χ1) is 7.92. The molecule has 0 bridgehead atoms. The van der Waals surface area contributed by atoms with Crippen LogP contribution in [0, 0.1) is 11.8 Å². The van der Waals surface area contributed by atoms with Crippen molar-refractivity contribution in [1.82, 2.24) is 0 Å². The zero-order chi connectivity index (χ0) is 12.3. The summed E-state index contributed by atoms with van der Waals surface area (Å²) in [6.45, 7) is 0. The molecule has 2 aliphatic carbocycles. The van der Waals surface area contributed by atoms with Crippen LogP contribution in [0.5, 0.6) is 0 Å². The zero-order valence-corrected chi connectivity index (χ0v) is 9.32. The van der Waals surface area contributed by atoms with Crippen molar-refractivity contribution in [2.45, 2.75) is 30.3 Å². The van der Waals surface area contributed by atoms with Crippen LogP contribution in [0.4, 0.5) is 0 Å². The van der Waals surface area contributed by atoms with Crippen LogP contribution in [0.3, 0.4) is 0 Å². The Morgan fingerprint density at radius 3 is 1.76 bits per heavy atom. The Kier molecular flexibility index (Phi) is 2.16. The van der Waals surface area contributed by atoms with Crippen LogP contribution in [-0.4, -0.2) is 32.0 Å². The molecule has 0 heterocycles. The van der Waals surface area contributed by atoms with Gasteiger partial charge in [-0.15, -0.1) is 0 Å². The van der Waals surface area contributed by atoms with Gasteiger partial charge >= 0.3 is 0 Å². The molecule has 1 aromatic rings. The van der Waals surface area contributed by atoms with E-state index >= 15 is 0 Å². The van der Waals surface area contributed by atoms with E-state index in [-0.39, 0.29) is 30.6 Å². The van der Waals surface area contributed by atoms with Crippen LogP contribution in [0.25, 0.3) is 0 Å². The van der Waals surface area contributed by atoms with Gasteiger partial charge in [-0.1, -0.05) is 30.3 Å². The van der Waals surface area contributed by atoms with Gasteiger partial charge in [-0.3, -0.25) is 0 Å². The molecule has 4 heteroatoms. The average molecular weight is 236 g/mol. The summed E-state index contributed by atoms with van der Waals surface area (Å²) < 4.78 is 0. The Hall–Kier alpha value is -0.940. The van der Waals surface area contributed by atoms with Crippen molar-refractivity contribution in [3.8, 4) is 0 Å². The lowest BCUT2D eigenvalue weighted by molar-refractivity contribution is -0.371. The van der Waals surface area contributed by atoms with E-state index in [1.54, 1.807) is 0 Å². The van der Waals surface area contributed by atoms with Crippen molar-refractivity contribution in [3.05, 3.63) is 35.9 Å². The van der Waals surface area contributed by atoms with E-state index in [9.17, 15) is 20.4 Å². The van der Waals surface area contributed by atoms with Crippen molar-refractivity contribution in [2.24, 2.45) is 11.8 Å². The second-order valence-electron chi connectivity index (χ2n) is 5.31. The van der Waals surface area contributed by atoms with Gasteiger partial charge in [0.05, 0.1) is 0 Å². The Morgan fingerprint density at radius 2 is 1.29 bits per heavy atom. The van der Waals surface area contributed by atoms with Crippen LogP contribution >= 0.6 is 0 Å². The van der Waals surface area contributed by atoms with Crippen molar-refractivity contribution in [1.29, 1.82) is 0 Å². The molecule has 92 valence electrons. The van der Waals surface area contributed by atoms with Crippen LogP contribution in [0.2, 0.25) is 0 Å². The second kappa shape index (κ2) is 3.29. The second-order valence-corrected chi connectivity index (χ2v) is 5.31. The van der Waals surface area contributed by atoms with Gasteiger partial charge in [0.25, 0.3) is 0 Å². The number of fused-ring (bicyclic) bond motifs is 1. The lowest BCUT2D eigenvalue weighted by atomic mass is 9.88. The minimum atomic E-state index is -2.39. The minimum Gasteiger partial charge on any atom is -0.361 e. The van der Waals surface area contributed by atoms with E-state index in [1.807, 2.05) is 30.3 Å². The molecule has 17 heavy (non-hydrogen) atoms. The standard InChI is InChI=1S/C13H16O4/c14-12(15)6-9-10(7-13(12,16)17)11(9)8-4-2-1-3-5-8/h1-5,9-11,14-17H,6-7H2. The molecule has 0 radical (unpaired) electrons. The topological polar surface area (TPSA) is 80.9 Å². The van der Waals surface area contributed by atoms with Crippen LogP contribution in [-0.2, 0) is 0 Å². The fourth-order valence-electron chi connectivity index (χ4n) is 3.16. The molecule has 4 nitrogen and oxygen atoms in total. The van der Waals surface area contributed by atoms with E-state index in [2.05, 4.69) is 0 Å². The predicted molar refractivity (Wildman–Crippen MR) is 59.7 cm³/mol. The predicted octanol–water partition coefficient (Wildman–Crippen LogP) is 0.172. The van der Waals surface area contributed by atoms with Gasteiger partial charge in [-0.25, -0.2) is 0 Å². The van der Waals surface area contributed by atoms with Gasteiger partial charge in [0, 0.05) is 12.8 Å². The first kappa shape index (κ1) is 11.2. The summed E-state index contributed by atoms with van der Waals surface area (Å²) in [5, 5.41) is 38.5. The van der Waals surface area contributed by atoms with Crippen molar-refractivity contribution in [2.75, 3.05) is 0 Å². The molecule has 0 amide bonds. The molecule has 2 aliphatic rings. The maximum absolute atomic E-state index is 9.62. The molecule has 2 saturated carbocycles. The van der Waals surface area contributed by atoms with Gasteiger partial charge in [0.15, 0.2) is 0 Å². The highest BCUT2D eigenvalue weighted by molar-refractivity contribution is 5.30. The maximum Gasteiger partial charge on any atom is 0.218 e. The number of benzene rings is 1. The fourth-order valence-corrected chi connectivity index (χ4v) is 3.16. The Bertz CT molecular complexity index is 404. The molecule has 0 saturated heterocycles. The normalized spacial score (nSPS) is 37.3. The maximum atomic E-state index is 9.62. The average Bonchev–Trinajstić information content (AvgIpc) is 2.90. The number of hydrogen-bond acceptors (Lipinski definition) is 4. The van der Waals surface area contributed by atoms with E-state index < -0.39 is 11.6 Å². The van der Waals surface area contributed by atoms with E-state index in [1.165, 1.54) is 0 Å². The summed E-state index contributed by atoms with van der Waals surface area (Å²) in [7, 11) is 0. The first-order valence-corrected chi connectivity index (χ1v) is 5.87. The van der Waals surface area contributed by atoms with Crippen LogP contribution in [0.1, 0.15) is 24.3 Å². The lowest BCUT2D eigenvalue weighted by Crippen LogP contribution is -2.56. The monoisotopic (exact) mass is 236 g/mol. The molecule has 4 N–H and O–H groups in total. The quantitative estimate of drug-likeness (QED) is 0.524. The van der Waals surface area contributed by atoms with Gasteiger partial charge < -0.3 is 20.4 Å². The Morgan fingerprint density at radius 1 is 0.824 bits per heavy atom. The summed E-state index contributed by atoms with van der Waals surface area (Å²) in [4.78, 5) is 0. The largest absolute Gasteiger partial charge is 0.361 e. The Labute approximate surface area is 99.2 Å². The highest BCUT2D eigenvalue weighted by Crippen LogP contribution is 2.64. The van der Waals surface area contributed by atoms with E-state index in [0.717, 1.165) is 5.56 Å². The number of rotatable bonds is 1. The highest BCUT2D eigenvalue weighted by Gasteiger charge is 2.65. The van der Waals surface area contributed by atoms with Gasteiger partial charge in [-0.05, 0) is 23.3 Å². The summed E-state index contributed by atoms with van der Waals surface area (Å²) >= 11 is 0. The van der Waals surface area contributed by atoms with Gasteiger partial charge in [0.2, 0.25) is 11.6 Å². The third-order valence-electron chi connectivity index (χ3n) is 4.20. The molecule has 0 spiro atoms. The molecular formula is C13H16O4. The minimum absolute atomic E-state index is 0.0181. The molecule has 3 rings (SSSR count). The molecule has 2 unspecified atom stereocenters. The SMILES string of the molecule is OC1(O)CC2C(CC1(O)O)C2c1ccccc1. The summed E-state index contributed by atoms with van der Waals surface area (Å²) in [5.41, 5.74) is 1.14.